The molecule has 0 aromatic heterocycles. The Morgan fingerprint density at radius 3 is 2.74 bits per heavy atom. The van der Waals surface area contributed by atoms with E-state index in [2.05, 4.69) is 5.32 Å². The quantitative estimate of drug-likeness (QED) is 0.474. The molecule has 0 radical (unpaired) electrons. The fourth-order valence-electron chi connectivity index (χ4n) is 3.63. The first kappa shape index (κ1) is 20.4. The summed E-state index contributed by atoms with van der Waals surface area (Å²) in [5, 5.41) is 14.1. The van der Waals surface area contributed by atoms with Crippen LogP contribution in [0.3, 0.4) is 0 Å². The van der Waals surface area contributed by atoms with Crippen LogP contribution in [0.15, 0.2) is 72.8 Å². The molecule has 1 unspecified atom stereocenters. The van der Waals surface area contributed by atoms with Crippen molar-refractivity contribution in [2.75, 3.05) is 23.9 Å². The molecule has 8 nitrogen and oxygen atoms in total. The lowest BCUT2D eigenvalue weighted by atomic mass is 10.1. The maximum atomic E-state index is 12.9. The van der Waals surface area contributed by atoms with Crippen LogP contribution in [0.4, 0.5) is 17.1 Å². The van der Waals surface area contributed by atoms with Crippen LogP contribution in [0.25, 0.3) is 0 Å². The van der Waals surface area contributed by atoms with Gasteiger partial charge in [0, 0.05) is 28.9 Å². The van der Waals surface area contributed by atoms with Gasteiger partial charge in [0.2, 0.25) is 5.91 Å². The number of fused-ring (bicyclic) bond motifs is 1. The van der Waals surface area contributed by atoms with Gasteiger partial charge < -0.3 is 19.7 Å². The van der Waals surface area contributed by atoms with Crippen molar-refractivity contribution in [3.05, 3.63) is 94.0 Å². The fourth-order valence-corrected chi connectivity index (χ4v) is 3.63. The van der Waals surface area contributed by atoms with E-state index in [9.17, 15) is 14.9 Å². The molecule has 0 spiro atoms. The van der Waals surface area contributed by atoms with Gasteiger partial charge in [-0.1, -0.05) is 42.5 Å². The van der Waals surface area contributed by atoms with E-state index in [-0.39, 0.29) is 18.1 Å². The molecule has 1 aliphatic rings. The number of rotatable bonds is 6. The van der Waals surface area contributed by atoms with E-state index in [0.29, 0.717) is 23.6 Å². The Morgan fingerprint density at radius 2 is 1.94 bits per heavy atom. The number of benzene rings is 3. The molecule has 0 saturated heterocycles. The number of nitro benzene ring substituents is 1. The van der Waals surface area contributed by atoms with Gasteiger partial charge in [-0.05, 0) is 18.2 Å². The summed E-state index contributed by atoms with van der Waals surface area (Å²) in [6, 6.07) is 21.1. The van der Waals surface area contributed by atoms with E-state index in [1.54, 1.807) is 24.3 Å². The summed E-state index contributed by atoms with van der Waals surface area (Å²) in [5.41, 5.74) is 2.93. The topological polar surface area (TPSA) is 93.9 Å². The standard InChI is InChI=1S/C23H21N3O5/c1-30-21-12-5-3-10-19(21)24-22(27)14-25-20-11-4-2-7-17(20)15-31-23(25)16-8-6-9-18(13-16)26(28)29/h2-13,23H,14-15H2,1H3,(H,24,27). The normalized spacial score (nSPS) is 15.1. The average Bonchev–Trinajstić information content (AvgIpc) is 2.79. The summed E-state index contributed by atoms with van der Waals surface area (Å²) >= 11 is 0. The van der Waals surface area contributed by atoms with Gasteiger partial charge >= 0.3 is 0 Å². The minimum absolute atomic E-state index is 0.0115. The molecule has 0 fully saturated rings. The number of carbonyl (C=O) groups is 1. The molecule has 31 heavy (non-hydrogen) atoms. The number of hydrogen-bond donors (Lipinski definition) is 1. The molecular weight excluding hydrogens is 398 g/mol. The molecular formula is C23H21N3O5. The number of amides is 1. The summed E-state index contributed by atoms with van der Waals surface area (Å²) in [7, 11) is 1.54. The highest BCUT2D eigenvalue weighted by molar-refractivity contribution is 5.95. The van der Waals surface area contributed by atoms with Gasteiger partial charge in [0.05, 0.1) is 24.3 Å². The van der Waals surface area contributed by atoms with E-state index in [1.807, 2.05) is 41.3 Å². The highest BCUT2D eigenvalue weighted by Crippen LogP contribution is 2.37. The lowest BCUT2D eigenvalue weighted by Gasteiger charge is -2.38. The molecule has 3 aromatic rings. The van der Waals surface area contributed by atoms with E-state index >= 15 is 0 Å². The van der Waals surface area contributed by atoms with E-state index < -0.39 is 11.2 Å². The highest BCUT2D eigenvalue weighted by atomic mass is 16.6. The van der Waals surface area contributed by atoms with Crippen LogP contribution in [-0.2, 0) is 16.1 Å². The number of nitro groups is 1. The maximum Gasteiger partial charge on any atom is 0.269 e. The molecule has 1 atom stereocenters. The van der Waals surface area contributed by atoms with Crippen molar-refractivity contribution in [3.8, 4) is 5.75 Å². The predicted octanol–water partition coefficient (Wildman–Crippen LogP) is 4.28. The molecule has 1 amide bonds. The van der Waals surface area contributed by atoms with Crippen molar-refractivity contribution in [2.45, 2.75) is 12.8 Å². The van der Waals surface area contributed by atoms with Crippen molar-refractivity contribution >= 4 is 23.0 Å². The van der Waals surface area contributed by atoms with Crippen LogP contribution < -0.4 is 15.0 Å². The van der Waals surface area contributed by atoms with Gasteiger partial charge in [-0.2, -0.15) is 0 Å². The Morgan fingerprint density at radius 1 is 1.16 bits per heavy atom. The minimum atomic E-state index is -0.641. The van der Waals surface area contributed by atoms with Gasteiger partial charge in [0.15, 0.2) is 6.23 Å². The zero-order valence-electron chi connectivity index (χ0n) is 16.9. The Bertz CT molecular complexity index is 1120. The van der Waals surface area contributed by atoms with Gasteiger partial charge in [-0.15, -0.1) is 0 Å². The molecule has 1 N–H and O–H groups in total. The van der Waals surface area contributed by atoms with Crippen LogP contribution in [0.1, 0.15) is 17.4 Å². The summed E-state index contributed by atoms with van der Waals surface area (Å²) < 4.78 is 11.3. The number of nitrogens with zero attached hydrogens (tertiary/aromatic N) is 2. The fraction of sp³-hybridized carbons (Fsp3) is 0.174. The first-order valence-corrected chi connectivity index (χ1v) is 9.70. The van der Waals surface area contributed by atoms with Crippen molar-refractivity contribution < 1.29 is 19.2 Å². The van der Waals surface area contributed by atoms with Gasteiger partial charge in [-0.3, -0.25) is 14.9 Å². The number of para-hydroxylation sites is 3. The monoisotopic (exact) mass is 419 g/mol. The largest absolute Gasteiger partial charge is 0.495 e. The van der Waals surface area contributed by atoms with E-state index in [4.69, 9.17) is 9.47 Å². The first-order chi connectivity index (χ1) is 15.1. The third kappa shape index (κ3) is 4.34. The average molecular weight is 419 g/mol. The third-order valence-corrected chi connectivity index (χ3v) is 5.04. The molecule has 0 saturated carbocycles. The SMILES string of the molecule is COc1ccccc1NC(=O)CN1c2ccccc2COC1c1cccc([N+](=O)[O-])c1. The number of methoxy groups -OCH3 is 1. The van der Waals surface area contributed by atoms with Crippen molar-refractivity contribution in [1.82, 2.24) is 0 Å². The first-order valence-electron chi connectivity index (χ1n) is 9.70. The molecule has 4 rings (SSSR count). The maximum absolute atomic E-state index is 12.9. The third-order valence-electron chi connectivity index (χ3n) is 5.04. The van der Waals surface area contributed by atoms with Gasteiger partial charge in [-0.25, -0.2) is 0 Å². The molecule has 0 bridgehead atoms. The number of hydrogen-bond acceptors (Lipinski definition) is 6. The highest BCUT2D eigenvalue weighted by Gasteiger charge is 2.30. The Hall–Kier alpha value is -3.91. The van der Waals surface area contributed by atoms with Crippen molar-refractivity contribution in [2.24, 2.45) is 0 Å². The molecule has 0 aliphatic carbocycles. The van der Waals surface area contributed by atoms with Crippen LogP contribution in [0.5, 0.6) is 5.75 Å². The molecule has 3 aromatic carbocycles. The Kier molecular flexibility index (Phi) is 5.81. The smallest absolute Gasteiger partial charge is 0.269 e. The zero-order valence-corrected chi connectivity index (χ0v) is 16.9. The van der Waals surface area contributed by atoms with Gasteiger partial charge in [0.25, 0.3) is 5.69 Å². The van der Waals surface area contributed by atoms with Crippen LogP contribution in [0, 0.1) is 10.1 Å². The lowest BCUT2D eigenvalue weighted by Crippen LogP contribution is -2.40. The molecule has 8 heteroatoms. The number of nitrogens with one attached hydrogen (secondary N) is 1. The Balaban J connectivity index is 1.64. The van der Waals surface area contributed by atoms with Gasteiger partial charge in [0.1, 0.15) is 12.3 Å². The van der Waals surface area contributed by atoms with Crippen LogP contribution >= 0.6 is 0 Å². The van der Waals surface area contributed by atoms with E-state index in [0.717, 1.165) is 11.3 Å². The number of anilines is 2. The Labute approximate surface area is 179 Å². The van der Waals surface area contributed by atoms with Crippen molar-refractivity contribution in [3.63, 3.8) is 0 Å². The van der Waals surface area contributed by atoms with Crippen LogP contribution in [-0.4, -0.2) is 24.5 Å². The van der Waals surface area contributed by atoms with E-state index in [1.165, 1.54) is 19.2 Å². The van der Waals surface area contributed by atoms with Crippen molar-refractivity contribution in [1.29, 1.82) is 0 Å². The zero-order chi connectivity index (χ0) is 21.8. The number of carbonyl (C=O) groups excluding carboxylic acids is 1. The molecule has 158 valence electrons. The molecule has 1 aliphatic heterocycles. The number of ether oxygens (including phenoxy) is 2. The lowest BCUT2D eigenvalue weighted by molar-refractivity contribution is -0.385. The second-order valence-electron chi connectivity index (χ2n) is 7.02. The summed E-state index contributed by atoms with van der Waals surface area (Å²) in [6.07, 6.45) is -0.641. The summed E-state index contributed by atoms with van der Waals surface area (Å²) in [4.78, 5) is 25.5. The minimum Gasteiger partial charge on any atom is -0.495 e. The summed E-state index contributed by atoms with van der Waals surface area (Å²) in [6.45, 7) is 0.330. The second kappa shape index (κ2) is 8.85. The summed E-state index contributed by atoms with van der Waals surface area (Å²) in [5.74, 6) is 0.293. The predicted molar refractivity (Wildman–Crippen MR) is 116 cm³/mol. The molecule has 1 heterocycles. The van der Waals surface area contributed by atoms with Crippen LogP contribution in [0.2, 0.25) is 0 Å². The second-order valence-corrected chi connectivity index (χ2v) is 7.02. The number of non-ortho nitro benzene ring substituents is 1.